The average Bonchev–Trinajstić information content (AvgIpc) is 3.66. The summed E-state index contributed by atoms with van der Waals surface area (Å²) in [5.74, 6) is -0.370. The highest BCUT2D eigenvalue weighted by Gasteiger charge is 2.40. The van der Waals surface area contributed by atoms with Crippen molar-refractivity contribution < 1.29 is 28.2 Å². The van der Waals surface area contributed by atoms with Crippen LogP contribution in [0.3, 0.4) is 0 Å². The van der Waals surface area contributed by atoms with Crippen molar-refractivity contribution in [2.45, 2.75) is 44.4 Å². The summed E-state index contributed by atoms with van der Waals surface area (Å²) in [6, 6.07) is 18.2. The smallest absolute Gasteiger partial charge is 0.258 e. The highest BCUT2D eigenvalue weighted by molar-refractivity contribution is 5.96. The van der Waals surface area contributed by atoms with Crippen LogP contribution in [0, 0.1) is 11.7 Å². The minimum absolute atomic E-state index is 0.00361. The van der Waals surface area contributed by atoms with E-state index in [4.69, 9.17) is 9.47 Å². The lowest BCUT2D eigenvalue weighted by Gasteiger charge is -2.21. The Bertz CT molecular complexity index is 1450. The van der Waals surface area contributed by atoms with Crippen molar-refractivity contribution in [2.75, 3.05) is 19.7 Å². The Labute approximate surface area is 237 Å². The van der Waals surface area contributed by atoms with E-state index in [-0.39, 0.29) is 36.4 Å². The van der Waals surface area contributed by atoms with Crippen molar-refractivity contribution in [3.8, 4) is 22.6 Å². The summed E-state index contributed by atoms with van der Waals surface area (Å²) in [7, 11) is 0. The van der Waals surface area contributed by atoms with Crippen molar-refractivity contribution >= 4 is 17.7 Å². The number of carbonyl (C=O) groups is 3. The Morgan fingerprint density at radius 2 is 1.68 bits per heavy atom. The molecule has 2 atom stereocenters. The third-order valence-electron chi connectivity index (χ3n) is 8.05. The fraction of sp³-hybridized carbons (Fsp3) is 0.344. The number of likely N-dealkylation sites (tertiary alicyclic amines) is 1. The normalized spacial score (nSPS) is 21.3. The zero-order valence-corrected chi connectivity index (χ0v) is 22.6. The topological polar surface area (TPSA) is 97.0 Å². The second kappa shape index (κ2) is 11.6. The molecule has 3 aromatic carbocycles. The molecule has 0 radical (unpaired) electrons. The molecule has 1 saturated carbocycles. The lowest BCUT2D eigenvalue weighted by molar-refractivity contribution is -0.134. The largest absolute Gasteiger partial charge is 0.486 e. The Morgan fingerprint density at radius 1 is 0.902 bits per heavy atom. The van der Waals surface area contributed by atoms with Gasteiger partial charge in [-0.1, -0.05) is 43.2 Å². The number of amides is 3. The zero-order valence-electron chi connectivity index (χ0n) is 22.6. The summed E-state index contributed by atoms with van der Waals surface area (Å²) >= 11 is 0. The Balaban J connectivity index is 1.32. The number of halogens is 1. The van der Waals surface area contributed by atoms with Gasteiger partial charge in [0, 0.05) is 19.0 Å². The van der Waals surface area contributed by atoms with Crippen LogP contribution in [-0.2, 0) is 16.1 Å². The quantitative estimate of drug-likeness (QED) is 0.470. The van der Waals surface area contributed by atoms with Gasteiger partial charge >= 0.3 is 0 Å². The lowest BCUT2D eigenvalue weighted by atomic mass is 10.0. The van der Waals surface area contributed by atoms with Crippen LogP contribution in [-0.4, -0.2) is 54.5 Å². The second-order valence-electron chi connectivity index (χ2n) is 10.9. The van der Waals surface area contributed by atoms with E-state index >= 15 is 0 Å². The number of carbonyl (C=O) groups excluding carboxylic acids is 3. The number of fused-ring (bicyclic) bond motifs is 7. The summed E-state index contributed by atoms with van der Waals surface area (Å²) in [6.07, 6.45) is 3.32. The molecule has 2 fully saturated rings. The average molecular weight is 558 g/mol. The van der Waals surface area contributed by atoms with Gasteiger partial charge in [0.25, 0.3) is 11.8 Å². The van der Waals surface area contributed by atoms with Gasteiger partial charge in [-0.25, -0.2) is 4.39 Å². The van der Waals surface area contributed by atoms with Gasteiger partial charge < -0.3 is 25.0 Å². The second-order valence-corrected chi connectivity index (χ2v) is 10.9. The van der Waals surface area contributed by atoms with Gasteiger partial charge in [0.05, 0.1) is 18.2 Å². The standard InChI is InChI=1S/C32H32FN3O5/c33-27-13-10-23-15-26(27)31(38)35-28-17-36(32(39)21-4-1-2-5-21)18-29(28)41-24-11-8-20(9-12-24)16-34-30(37)19-40-25-7-3-6-22(23)14-25/h3,6-15,21,28-29H,1-2,4-5,16-19H2,(H,34,37)(H,35,38)/t28-,29-/m0/s1. The SMILES string of the molecule is O=C1COc2cccc(c2)-c2ccc(F)c(c2)C(=O)N[C@H]2CN(C(=O)C3CCCC3)C[C@@H]2Oc2ccc(cc2)CN1. The zero-order chi connectivity index (χ0) is 28.3. The van der Waals surface area contributed by atoms with Crippen molar-refractivity contribution in [3.63, 3.8) is 0 Å². The summed E-state index contributed by atoms with van der Waals surface area (Å²) in [4.78, 5) is 40.9. The molecule has 8 nitrogen and oxygen atoms in total. The summed E-state index contributed by atoms with van der Waals surface area (Å²) in [5.41, 5.74) is 2.11. The first-order chi connectivity index (χ1) is 19.9. The van der Waals surface area contributed by atoms with Crippen molar-refractivity contribution in [1.29, 1.82) is 0 Å². The third kappa shape index (κ3) is 6.04. The van der Waals surface area contributed by atoms with Gasteiger partial charge in [-0.2, -0.15) is 0 Å². The highest BCUT2D eigenvalue weighted by Crippen LogP contribution is 2.30. The Morgan fingerprint density at radius 3 is 2.49 bits per heavy atom. The van der Waals surface area contributed by atoms with Crippen LogP contribution >= 0.6 is 0 Å². The molecule has 1 saturated heterocycles. The fourth-order valence-corrected chi connectivity index (χ4v) is 5.79. The van der Waals surface area contributed by atoms with Gasteiger partial charge in [0.1, 0.15) is 23.4 Å². The molecule has 7 rings (SSSR count). The van der Waals surface area contributed by atoms with Crippen molar-refractivity contribution in [2.24, 2.45) is 5.92 Å². The maximum Gasteiger partial charge on any atom is 0.258 e. The number of hydrogen-bond acceptors (Lipinski definition) is 5. The van der Waals surface area contributed by atoms with E-state index in [0.29, 0.717) is 35.7 Å². The number of hydrogen-bond donors (Lipinski definition) is 2. The number of nitrogens with zero attached hydrogens (tertiary/aromatic N) is 1. The van der Waals surface area contributed by atoms with E-state index in [1.807, 2.05) is 18.2 Å². The number of nitrogens with one attached hydrogen (secondary N) is 2. The number of benzene rings is 3. The maximum absolute atomic E-state index is 15.0. The van der Waals surface area contributed by atoms with E-state index < -0.39 is 23.9 Å². The number of ether oxygens (including phenoxy) is 2. The molecule has 9 heteroatoms. The van der Waals surface area contributed by atoms with Gasteiger partial charge in [0.15, 0.2) is 6.61 Å². The minimum Gasteiger partial charge on any atom is -0.486 e. The van der Waals surface area contributed by atoms with Gasteiger partial charge in [-0.3, -0.25) is 14.4 Å². The maximum atomic E-state index is 15.0. The first-order valence-electron chi connectivity index (χ1n) is 14.1. The third-order valence-corrected chi connectivity index (χ3v) is 8.05. The fourth-order valence-electron chi connectivity index (χ4n) is 5.79. The highest BCUT2D eigenvalue weighted by atomic mass is 19.1. The molecule has 3 amide bonds. The van der Waals surface area contributed by atoms with Crippen LogP contribution in [0.4, 0.5) is 4.39 Å². The molecule has 0 aromatic heterocycles. The first-order valence-corrected chi connectivity index (χ1v) is 14.1. The molecule has 4 aliphatic rings. The summed E-state index contributed by atoms with van der Waals surface area (Å²) < 4.78 is 26.9. The predicted molar refractivity (Wildman–Crippen MR) is 150 cm³/mol. The summed E-state index contributed by atoms with van der Waals surface area (Å²) in [5, 5.41) is 5.81. The molecule has 0 unspecified atom stereocenters. The molecule has 3 aliphatic heterocycles. The van der Waals surface area contributed by atoms with E-state index in [0.717, 1.165) is 31.2 Å². The van der Waals surface area contributed by atoms with Crippen LogP contribution < -0.4 is 20.1 Å². The Kier molecular flexibility index (Phi) is 7.59. The molecule has 6 bridgehead atoms. The number of rotatable bonds is 1. The summed E-state index contributed by atoms with van der Waals surface area (Å²) in [6.45, 7) is 0.775. The first kappa shape index (κ1) is 26.8. The van der Waals surface area contributed by atoms with Gasteiger partial charge in [-0.15, -0.1) is 0 Å². The van der Waals surface area contributed by atoms with Gasteiger partial charge in [-0.05, 0) is 65.9 Å². The lowest BCUT2D eigenvalue weighted by Crippen LogP contribution is -2.45. The molecule has 0 spiro atoms. The van der Waals surface area contributed by atoms with Crippen LogP contribution in [0.5, 0.6) is 11.5 Å². The molecule has 1 aliphatic carbocycles. The van der Waals surface area contributed by atoms with E-state index in [9.17, 15) is 18.8 Å². The monoisotopic (exact) mass is 557 g/mol. The molecule has 212 valence electrons. The molecule has 3 aromatic rings. The van der Waals surface area contributed by atoms with E-state index in [2.05, 4.69) is 10.6 Å². The van der Waals surface area contributed by atoms with Gasteiger partial charge in [0.2, 0.25) is 5.91 Å². The van der Waals surface area contributed by atoms with Crippen LogP contribution in [0.2, 0.25) is 0 Å². The van der Waals surface area contributed by atoms with Crippen molar-refractivity contribution in [3.05, 3.63) is 83.7 Å². The molecular weight excluding hydrogens is 525 g/mol. The van der Waals surface area contributed by atoms with Crippen LogP contribution in [0.1, 0.15) is 41.6 Å². The molecule has 2 N–H and O–H groups in total. The van der Waals surface area contributed by atoms with E-state index in [1.165, 1.54) is 12.1 Å². The van der Waals surface area contributed by atoms with Crippen LogP contribution in [0.25, 0.3) is 11.1 Å². The minimum atomic E-state index is -0.651. The van der Waals surface area contributed by atoms with Crippen LogP contribution in [0.15, 0.2) is 66.7 Å². The van der Waals surface area contributed by atoms with Crippen molar-refractivity contribution in [1.82, 2.24) is 15.5 Å². The van der Waals surface area contributed by atoms with E-state index in [1.54, 1.807) is 41.3 Å². The Hall–Kier alpha value is -4.40. The molecule has 41 heavy (non-hydrogen) atoms. The molecular formula is C32H32FN3O5. The molecule has 3 heterocycles. The predicted octanol–water partition coefficient (Wildman–Crippen LogP) is 4.08.